The largest absolute Gasteiger partial charge is 0.510 e. The summed E-state index contributed by atoms with van der Waals surface area (Å²) in [4.78, 5) is 9.71. The molecule has 0 bridgehead atoms. The summed E-state index contributed by atoms with van der Waals surface area (Å²) in [6.07, 6.45) is 9.30. The molecule has 1 fully saturated rings. The summed E-state index contributed by atoms with van der Waals surface area (Å²) in [6.45, 7) is 1.96. The second-order valence-electron chi connectivity index (χ2n) is 11.3. The number of fused-ring (bicyclic) bond motifs is 4. The van der Waals surface area contributed by atoms with Crippen LogP contribution in [0.2, 0.25) is 0 Å². The number of hydrogen-bond acceptors (Lipinski definition) is 5. The minimum atomic E-state index is -0.0524. The second-order valence-corrected chi connectivity index (χ2v) is 11.3. The van der Waals surface area contributed by atoms with Gasteiger partial charge in [-0.2, -0.15) is 0 Å². The molecule has 1 N–H and O–H groups in total. The normalized spacial score (nSPS) is 20.5. The number of rotatable bonds is 4. The number of benzene rings is 3. The van der Waals surface area contributed by atoms with E-state index in [4.69, 9.17) is 14.5 Å². The Bertz CT molecular complexity index is 1580. The molecule has 2 heterocycles. The van der Waals surface area contributed by atoms with Gasteiger partial charge in [0.1, 0.15) is 23.3 Å². The van der Waals surface area contributed by atoms with Gasteiger partial charge in [0, 0.05) is 38.3 Å². The maximum atomic E-state index is 10.5. The summed E-state index contributed by atoms with van der Waals surface area (Å²) in [7, 11) is 0. The smallest absolute Gasteiger partial charge is 0.217 e. The van der Waals surface area contributed by atoms with Crippen molar-refractivity contribution in [1.82, 2.24) is 4.98 Å². The minimum absolute atomic E-state index is 0. The Balaban J connectivity index is 0.00000289. The van der Waals surface area contributed by atoms with Crippen LogP contribution >= 0.6 is 0 Å². The predicted octanol–water partition coefficient (Wildman–Crippen LogP) is 8.11. The van der Waals surface area contributed by atoms with Gasteiger partial charge in [-0.1, -0.05) is 61.2 Å². The van der Waals surface area contributed by atoms with Crippen molar-refractivity contribution in [3.05, 3.63) is 94.5 Å². The topological polar surface area (TPSA) is 63.9 Å². The van der Waals surface area contributed by atoms with Crippen LogP contribution in [-0.2, 0) is 32.2 Å². The van der Waals surface area contributed by atoms with Gasteiger partial charge < -0.3 is 14.6 Å². The Morgan fingerprint density at radius 2 is 1.80 bits per heavy atom. The molecule has 2 aliphatic carbocycles. The SMILES string of the molecule is Cc1cc(O)c2nc(Oc3[c-]c(C4=N[C@H]5CCCc6ccccc6[C@H]5O4)cc(C4CCCCC4)c3)ccc2c1.[Pt]. The van der Waals surface area contributed by atoms with Crippen molar-refractivity contribution in [2.24, 2.45) is 4.99 Å². The summed E-state index contributed by atoms with van der Waals surface area (Å²) in [5.41, 5.74) is 6.24. The van der Waals surface area contributed by atoms with Crippen molar-refractivity contribution in [3.8, 4) is 17.4 Å². The Hall–Kier alpha value is -3.17. The van der Waals surface area contributed by atoms with E-state index in [1.807, 2.05) is 25.1 Å². The zero-order chi connectivity index (χ0) is 26.3. The van der Waals surface area contributed by atoms with E-state index >= 15 is 0 Å². The number of aryl methyl sites for hydroxylation is 2. The summed E-state index contributed by atoms with van der Waals surface area (Å²) < 4.78 is 12.9. The summed E-state index contributed by atoms with van der Waals surface area (Å²) in [5.74, 6) is 2.33. The Morgan fingerprint density at radius 1 is 0.950 bits per heavy atom. The molecular formula is C34H33N2O3Pt-. The van der Waals surface area contributed by atoms with Crippen LogP contribution in [0.5, 0.6) is 17.4 Å². The molecule has 0 amide bonds. The average molecular weight is 713 g/mol. The second kappa shape index (κ2) is 11.4. The van der Waals surface area contributed by atoms with E-state index in [1.54, 1.807) is 6.07 Å². The van der Waals surface area contributed by atoms with E-state index in [0.717, 1.165) is 35.8 Å². The van der Waals surface area contributed by atoms with Crippen LogP contribution < -0.4 is 4.74 Å². The molecule has 1 saturated carbocycles. The van der Waals surface area contributed by atoms with Gasteiger partial charge in [-0.3, -0.25) is 4.99 Å². The molecule has 1 aromatic heterocycles. The number of phenolic OH excluding ortho intramolecular Hbond substituents is 1. The van der Waals surface area contributed by atoms with Gasteiger partial charge in [0.05, 0.1) is 6.04 Å². The number of nitrogens with zero attached hydrogens (tertiary/aromatic N) is 2. The molecule has 3 aromatic carbocycles. The van der Waals surface area contributed by atoms with Crippen LogP contribution in [0.25, 0.3) is 10.9 Å². The quantitative estimate of drug-likeness (QED) is 0.217. The van der Waals surface area contributed by atoms with Gasteiger partial charge in [-0.25, -0.2) is 4.98 Å². The van der Waals surface area contributed by atoms with Crippen LogP contribution in [0.15, 0.2) is 65.7 Å². The first-order valence-corrected chi connectivity index (χ1v) is 14.3. The van der Waals surface area contributed by atoms with Gasteiger partial charge in [-0.05, 0) is 79.8 Å². The number of aliphatic imine (C=N–C) groups is 1. The molecular weight excluding hydrogens is 679 g/mol. The van der Waals surface area contributed by atoms with Crippen molar-refractivity contribution in [2.75, 3.05) is 0 Å². The monoisotopic (exact) mass is 712 g/mol. The molecule has 5 nitrogen and oxygen atoms in total. The Morgan fingerprint density at radius 3 is 2.67 bits per heavy atom. The van der Waals surface area contributed by atoms with E-state index in [9.17, 15) is 5.11 Å². The standard InChI is InChI=1S/C34H33N2O3.Pt/c1-21-16-24-14-15-31(36-32(24)30(37)17-21)38-27-19-25(22-8-3-2-4-9-22)18-26(20-27)34-35-29-13-7-11-23-10-5-6-12-28(23)33(29)39-34;/h5-6,10,12,14-19,22,29,33,37H,2-4,7-9,11,13H2,1H3;/q-1;/t29-,33+;/m0./s1. The maximum Gasteiger partial charge on any atom is 0.217 e. The third-order valence-corrected chi connectivity index (χ3v) is 8.46. The van der Waals surface area contributed by atoms with Crippen molar-refractivity contribution >= 4 is 16.8 Å². The molecule has 1 aliphatic heterocycles. The van der Waals surface area contributed by atoms with Gasteiger partial charge in [0.25, 0.3) is 0 Å². The van der Waals surface area contributed by atoms with Crippen molar-refractivity contribution in [2.45, 2.75) is 76.4 Å². The summed E-state index contributed by atoms with van der Waals surface area (Å²) in [6, 6.07) is 24.0. The van der Waals surface area contributed by atoms with E-state index in [-0.39, 0.29) is 39.0 Å². The summed E-state index contributed by atoms with van der Waals surface area (Å²) >= 11 is 0. The molecule has 0 unspecified atom stereocenters. The first kappa shape index (κ1) is 27.0. The van der Waals surface area contributed by atoms with Crippen molar-refractivity contribution in [1.29, 1.82) is 0 Å². The molecule has 7 rings (SSSR count). The zero-order valence-electron chi connectivity index (χ0n) is 22.6. The van der Waals surface area contributed by atoms with E-state index in [2.05, 4.69) is 47.4 Å². The zero-order valence-corrected chi connectivity index (χ0v) is 24.9. The van der Waals surface area contributed by atoms with Crippen LogP contribution in [0.1, 0.15) is 84.8 Å². The molecule has 6 heteroatoms. The molecule has 3 aliphatic rings. The van der Waals surface area contributed by atoms with Crippen LogP contribution in [0, 0.1) is 13.0 Å². The molecule has 40 heavy (non-hydrogen) atoms. The molecule has 0 spiro atoms. The molecule has 4 aromatic rings. The number of ether oxygens (including phenoxy) is 2. The number of hydrogen-bond donors (Lipinski definition) is 1. The van der Waals surface area contributed by atoms with E-state index in [1.165, 1.54) is 48.8 Å². The third-order valence-electron chi connectivity index (χ3n) is 8.46. The maximum absolute atomic E-state index is 10.5. The van der Waals surface area contributed by atoms with Gasteiger partial charge >= 0.3 is 0 Å². The number of phenols is 1. The van der Waals surface area contributed by atoms with E-state index in [0.29, 0.717) is 29.0 Å². The fourth-order valence-electron chi connectivity index (χ4n) is 6.53. The fraction of sp³-hybridized carbons (Fsp3) is 0.353. The fourth-order valence-corrected chi connectivity index (χ4v) is 6.53. The van der Waals surface area contributed by atoms with Crippen LogP contribution in [0.4, 0.5) is 0 Å². The first-order chi connectivity index (χ1) is 19.1. The first-order valence-electron chi connectivity index (χ1n) is 14.3. The van der Waals surface area contributed by atoms with Crippen LogP contribution in [0.3, 0.4) is 0 Å². The number of aromatic hydroxyl groups is 1. The summed E-state index contributed by atoms with van der Waals surface area (Å²) in [5, 5.41) is 11.4. The average Bonchev–Trinajstić information content (AvgIpc) is 3.30. The third kappa shape index (κ3) is 5.29. The molecule has 0 radical (unpaired) electrons. The van der Waals surface area contributed by atoms with Gasteiger partial charge in [-0.15, -0.1) is 11.6 Å². The Labute approximate surface area is 249 Å². The van der Waals surface area contributed by atoms with E-state index < -0.39 is 0 Å². The Kier molecular flexibility index (Phi) is 7.68. The molecule has 208 valence electrons. The van der Waals surface area contributed by atoms with Crippen LogP contribution in [-0.4, -0.2) is 22.0 Å². The number of aromatic nitrogens is 1. The molecule has 2 atom stereocenters. The predicted molar refractivity (Wildman–Crippen MR) is 153 cm³/mol. The minimum Gasteiger partial charge on any atom is -0.510 e. The van der Waals surface area contributed by atoms with Gasteiger partial charge in [0.15, 0.2) is 0 Å². The van der Waals surface area contributed by atoms with Crippen molar-refractivity contribution < 1.29 is 35.6 Å². The van der Waals surface area contributed by atoms with Gasteiger partial charge in [0.2, 0.25) is 5.88 Å². The molecule has 0 saturated heterocycles. The number of pyridine rings is 1. The van der Waals surface area contributed by atoms with Crippen molar-refractivity contribution in [3.63, 3.8) is 0 Å².